The summed E-state index contributed by atoms with van der Waals surface area (Å²) in [5, 5.41) is 0. The van der Waals surface area contributed by atoms with Crippen LogP contribution in [0.25, 0.3) is 0 Å². The number of benzene rings is 2. The normalized spacial score (nSPS) is 27.1. The highest BCUT2D eigenvalue weighted by Gasteiger charge is 2.48. The van der Waals surface area contributed by atoms with Crippen molar-refractivity contribution >= 4 is 0 Å². The lowest BCUT2D eigenvalue weighted by molar-refractivity contribution is -0.931. The van der Waals surface area contributed by atoms with Crippen LogP contribution in [-0.2, 0) is 0 Å². The van der Waals surface area contributed by atoms with Gasteiger partial charge in [0.15, 0.2) is 0 Å². The highest BCUT2D eigenvalue weighted by molar-refractivity contribution is 5.32. The van der Waals surface area contributed by atoms with Crippen LogP contribution < -0.4 is 17.0 Å². The fourth-order valence-electron chi connectivity index (χ4n) is 5.35. The zero-order valence-corrected chi connectivity index (χ0v) is 17.0. The maximum atomic E-state index is 2.46. The minimum atomic E-state index is 0. The zero-order valence-electron chi connectivity index (χ0n) is 15.4. The highest BCUT2D eigenvalue weighted by Crippen LogP contribution is 2.45. The van der Waals surface area contributed by atoms with Gasteiger partial charge in [0.05, 0.1) is 26.2 Å². The van der Waals surface area contributed by atoms with Crippen molar-refractivity contribution in [2.45, 2.75) is 50.1 Å². The highest BCUT2D eigenvalue weighted by atomic mass is 79.9. The Hall–Kier alpha value is -1.12. The van der Waals surface area contributed by atoms with Crippen LogP contribution in [0.15, 0.2) is 60.7 Å². The maximum absolute atomic E-state index is 2.46. The molecule has 2 aromatic rings. The van der Waals surface area contributed by atoms with Crippen LogP contribution in [0.2, 0.25) is 0 Å². The molecular formula is C23H30BrN. The van der Waals surface area contributed by atoms with Crippen molar-refractivity contribution in [3.8, 4) is 0 Å². The van der Waals surface area contributed by atoms with E-state index in [1.165, 1.54) is 47.7 Å². The van der Waals surface area contributed by atoms with E-state index in [0.717, 1.165) is 18.0 Å². The summed E-state index contributed by atoms with van der Waals surface area (Å²) in [5.74, 6) is 1.42. The number of quaternary nitrogens is 1. The predicted molar refractivity (Wildman–Crippen MR) is 101 cm³/mol. The van der Waals surface area contributed by atoms with Crippen LogP contribution in [0.1, 0.15) is 49.1 Å². The van der Waals surface area contributed by atoms with Gasteiger partial charge in [-0.05, 0) is 23.5 Å². The molecule has 2 heteroatoms. The number of fused-ring (bicyclic) bond motifs is 2. The van der Waals surface area contributed by atoms with E-state index in [1.807, 2.05) is 0 Å². The second-order valence-electron chi connectivity index (χ2n) is 8.46. The third kappa shape index (κ3) is 3.71. The molecule has 1 nitrogen and oxygen atoms in total. The summed E-state index contributed by atoms with van der Waals surface area (Å²) in [6, 6.07) is 24.1. The van der Waals surface area contributed by atoms with Crippen LogP contribution in [0.3, 0.4) is 0 Å². The van der Waals surface area contributed by atoms with Gasteiger partial charge in [0.2, 0.25) is 0 Å². The molecule has 2 atom stereocenters. The van der Waals surface area contributed by atoms with Gasteiger partial charge in [-0.1, -0.05) is 60.7 Å². The summed E-state index contributed by atoms with van der Waals surface area (Å²) in [6.07, 6.45) is 7.02. The number of hydrogen-bond acceptors (Lipinski definition) is 0. The smallest absolute Gasteiger partial charge is 0.0893 e. The molecular weight excluding hydrogens is 370 g/mol. The first-order valence-corrected chi connectivity index (χ1v) is 9.58. The molecule has 0 spiro atoms. The van der Waals surface area contributed by atoms with Crippen molar-refractivity contribution in [1.82, 2.24) is 0 Å². The number of hydrogen-bond donors (Lipinski definition) is 0. The predicted octanol–water partition coefficient (Wildman–Crippen LogP) is 2.23. The molecule has 2 unspecified atom stereocenters. The van der Waals surface area contributed by atoms with Gasteiger partial charge in [0.1, 0.15) is 0 Å². The molecule has 2 aliphatic heterocycles. The van der Waals surface area contributed by atoms with E-state index in [1.54, 1.807) is 0 Å². The molecule has 0 N–H and O–H groups in total. The van der Waals surface area contributed by atoms with Gasteiger partial charge in [-0.25, -0.2) is 0 Å². The van der Waals surface area contributed by atoms with Crippen LogP contribution in [-0.4, -0.2) is 30.7 Å². The van der Waals surface area contributed by atoms with E-state index in [0.29, 0.717) is 5.92 Å². The summed E-state index contributed by atoms with van der Waals surface area (Å²) in [7, 11) is 4.93. The fourth-order valence-corrected chi connectivity index (χ4v) is 5.35. The summed E-state index contributed by atoms with van der Waals surface area (Å²) < 4.78 is 1.28. The van der Waals surface area contributed by atoms with E-state index in [4.69, 9.17) is 0 Å². The standard InChI is InChI=1S/C23H30N.BrH/c1-24(2)21-13-14-22(24)16-18(15-21)17-23(19-9-5-3-6-10-19)20-11-7-4-8-12-20;/h3-12,18,21-23H,13-17H2,1-2H3;1H/q+1;/p-1. The lowest BCUT2D eigenvalue weighted by Gasteiger charge is -2.45. The topological polar surface area (TPSA) is 0 Å². The molecule has 0 aromatic heterocycles. The van der Waals surface area contributed by atoms with Crippen LogP contribution in [0.5, 0.6) is 0 Å². The van der Waals surface area contributed by atoms with Crippen molar-refractivity contribution in [3.63, 3.8) is 0 Å². The molecule has 2 heterocycles. The van der Waals surface area contributed by atoms with E-state index in [2.05, 4.69) is 74.8 Å². The quantitative estimate of drug-likeness (QED) is 0.691. The van der Waals surface area contributed by atoms with E-state index < -0.39 is 0 Å². The lowest BCUT2D eigenvalue weighted by atomic mass is 9.78. The zero-order chi connectivity index (χ0) is 16.6. The molecule has 2 aromatic carbocycles. The van der Waals surface area contributed by atoms with Crippen molar-refractivity contribution in [3.05, 3.63) is 71.8 Å². The number of nitrogens with zero attached hydrogens (tertiary/aromatic N) is 1. The Balaban J connectivity index is 0.00000182. The lowest BCUT2D eigenvalue weighted by Crippen LogP contribution is -3.00. The molecule has 0 radical (unpaired) electrons. The Bertz CT molecular complexity index is 612. The van der Waals surface area contributed by atoms with Crippen molar-refractivity contribution in [2.75, 3.05) is 14.1 Å². The van der Waals surface area contributed by atoms with Gasteiger partial charge in [-0.3, -0.25) is 0 Å². The largest absolute Gasteiger partial charge is 1.00 e. The SMILES string of the molecule is C[N+]1(C)C2CCC1CC(CC(c1ccccc1)c1ccccc1)C2.[Br-]. The van der Waals surface area contributed by atoms with Crippen molar-refractivity contribution < 1.29 is 21.5 Å². The fraction of sp³-hybridized carbons (Fsp3) is 0.478. The summed E-state index contributed by atoms with van der Waals surface area (Å²) in [6.45, 7) is 0. The first-order valence-electron chi connectivity index (χ1n) is 9.58. The number of rotatable bonds is 4. The monoisotopic (exact) mass is 399 g/mol. The number of halogens is 1. The van der Waals surface area contributed by atoms with Crippen LogP contribution >= 0.6 is 0 Å². The Kier molecular flexibility index (Phi) is 5.70. The minimum absolute atomic E-state index is 0. The van der Waals surface area contributed by atoms with Gasteiger partial charge in [0, 0.05) is 31.6 Å². The Morgan fingerprint density at radius 1 is 0.800 bits per heavy atom. The summed E-state index contributed by atoms with van der Waals surface area (Å²) >= 11 is 0. The molecule has 0 amide bonds. The second kappa shape index (κ2) is 7.63. The first kappa shape index (κ1) is 18.7. The molecule has 2 fully saturated rings. The van der Waals surface area contributed by atoms with Crippen molar-refractivity contribution in [1.29, 1.82) is 0 Å². The summed E-state index contributed by atoms with van der Waals surface area (Å²) in [5.41, 5.74) is 2.96. The molecule has 0 aliphatic carbocycles. The molecule has 2 bridgehead atoms. The first-order chi connectivity index (χ1) is 11.6. The molecule has 2 aliphatic rings. The Morgan fingerprint density at radius 2 is 1.24 bits per heavy atom. The van der Waals surface area contributed by atoms with E-state index in [9.17, 15) is 0 Å². The molecule has 4 rings (SSSR count). The van der Waals surface area contributed by atoms with Crippen LogP contribution in [0.4, 0.5) is 0 Å². The van der Waals surface area contributed by atoms with Gasteiger partial charge in [-0.15, -0.1) is 0 Å². The molecule has 0 saturated carbocycles. The summed E-state index contributed by atoms with van der Waals surface area (Å²) in [4.78, 5) is 0. The van der Waals surface area contributed by atoms with Gasteiger partial charge < -0.3 is 21.5 Å². The molecule has 2 saturated heterocycles. The van der Waals surface area contributed by atoms with Gasteiger partial charge in [0.25, 0.3) is 0 Å². The van der Waals surface area contributed by atoms with E-state index >= 15 is 0 Å². The molecule has 134 valence electrons. The van der Waals surface area contributed by atoms with Gasteiger partial charge >= 0.3 is 0 Å². The Labute approximate surface area is 163 Å². The third-order valence-electron chi connectivity index (χ3n) is 6.90. The van der Waals surface area contributed by atoms with Crippen LogP contribution in [0, 0.1) is 5.92 Å². The average Bonchev–Trinajstić information content (AvgIpc) is 2.79. The maximum Gasteiger partial charge on any atom is 0.0893 e. The second-order valence-corrected chi connectivity index (χ2v) is 8.46. The van der Waals surface area contributed by atoms with Crippen molar-refractivity contribution in [2.24, 2.45) is 5.92 Å². The average molecular weight is 400 g/mol. The molecule has 25 heavy (non-hydrogen) atoms. The minimum Gasteiger partial charge on any atom is -1.00 e. The van der Waals surface area contributed by atoms with Gasteiger partial charge in [-0.2, -0.15) is 0 Å². The Morgan fingerprint density at radius 3 is 1.68 bits per heavy atom. The van der Waals surface area contributed by atoms with E-state index in [-0.39, 0.29) is 17.0 Å². The number of piperidine rings is 1. The third-order valence-corrected chi connectivity index (χ3v) is 6.90.